The second kappa shape index (κ2) is 4.28. The summed E-state index contributed by atoms with van der Waals surface area (Å²) < 4.78 is 18.3. The lowest BCUT2D eigenvalue weighted by Crippen LogP contribution is -1.90. The molecule has 4 heteroatoms. The quantitative estimate of drug-likeness (QED) is 0.813. The van der Waals surface area contributed by atoms with E-state index in [2.05, 4.69) is 15.9 Å². The molecule has 0 aliphatic heterocycles. The molecule has 1 rings (SSSR count). The minimum atomic E-state index is -0.395. The van der Waals surface area contributed by atoms with Gasteiger partial charge in [0.25, 0.3) is 0 Å². The van der Waals surface area contributed by atoms with Crippen LogP contribution in [0.25, 0.3) is 6.08 Å². The molecular formula is C9H8BrFO2. The maximum absolute atomic E-state index is 13.0. The van der Waals surface area contributed by atoms with Gasteiger partial charge in [-0.15, -0.1) is 0 Å². The molecule has 1 aromatic carbocycles. The lowest BCUT2D eigenvalue weighted by molar-refractivity contribution is 0.411. The Hall–Kier alpha value is -1.03. The van der Waals surface area contributed by atoms with Gasteiger partial charge in [0.05, 0.1) is 17.8 Å². The van der Waals surface area contributed by atoms with Gasteiger partial charge in [-0.3, -0.25) is 0 Å². The van der Waals surface area contributed by atoms with Crippen LogP contribution in [-0.4, -0.2) is 12.2 Å². The molecule has 0 saturated carbocycles. The van der Waals surface area contributed by atoms with E-state index in [1.54, 1.807) is 0 Å². The van der Waals surface area contributed by atoms with Gasteiger partial charge in [0, 0.05) is 5.56 Å². The Morgan fingerprint density at radius 2 is 2.23 bits per heavy atom. The Bertz CT molecular complexity index is 337. The van der Waals surface area contributed by atoms with Crippen molar-refractivity contribution in [1.82, 2.24) is 0 Å². The number of halogens is 2. The van der Waals surface area contributed by atoms with Crippen LogP contribution in [0.2, 0.25) is 0 Å². The average molecular weight is 247 g/mol. The van der Waals surface area contributed by atoms with Crippen LogP contribution in [0.5, 0.6) is 5.75 Å². The fraction of sp³-hybridized carbons (Fsp3) is 0.111. The Morgan fingerprint density at radius 1 is 1.54 bits per heavy atom. The molecule has 0 bridgehead atoms. The molecule has 0 unspecified atom stereocenters. The number of aliphatic hydroxyl groups excluding tert-OH is 1. The molecule has 0 spiro atoms. The molecule has 0 atom stereocenters. The van der Waals surface area contributed by atoms with Crippen molar-refractivity contribution in [3.63, 3.8) is 0 Å². The highest BCUT2D eigenvalue weighted by molar-refractivity contribution is 9.10. The average Bonchev–Trinajstić information content (AvgIpc) is 2.14. The summed E-state index contributed by atoms with van der Waals surface area (Å²) in [6.07, 6.45) is 2.19. The minimum absolute atomic E-state index is 0.275. The maximum Gasteiger partial charge on any atom is 0.138 e. The maximum atomic E-state index is 13.0. The second-order valence-electron chi connectivity index (χ2n) is 2.29. The number of aliphatic hydroxyl groups is 1. The molecule has 70 valence electrons. The van der Waals surface area contributed by atoms with Crippen molar-refractivity contribution in [2.24, 2.45) is 0 Å². The summed E-state index contributed by atoms with van der Waals surface area (Å²) in [5.41, 5.74) is 0.477. The van der Waals surface area contributed by atoms with Crippen LogP contribution in [0.15, 0.2) is 22.9 Å². The van der Waals surface area contributed by atoms with Gasteiger partial charge in [-0.2, -0.15) is 0 Å². The number of rotatable bonds is 2. The lowest BCUT2D eigenvalue weighted by atomic mass is 10.2. The highest BCUT2D eigenvalue weighted by Crippen LogP contribution is 2.30. The zero-order chi connectivity index (χ0) is 9.84. The summed E-state index contributed by atoms with van der Waals surface area (Å²) in [7, 11) is 1.48. The van der Waals surface area contributed by atoms with E-state index >= 15 is 0 Å². The molecule has 0 aromatic heterocycles. The molecule has 0 aliphatic rings. The Labute approximate surface area is 83.8 Å². The Balaban J connectivity index is 3.32. The first-order chi connectivity index (χ1) is 6.20. The van der Waals surface area contributed by atoms with Crippen molar-refractivity contribution in [3.05, 3.63) is 34.2 Å². The number of ether oxygens (including phenoxy) is 1. The van der Waals surface area contributed by atoms with Crippen LogP contribution in [-0.2, 0) is 0 Å². The van der Waals surface area contributed by atoms with Crippen molar-refractivity contribution in [2.45, 2.75) is 0 Å². The van der Waals surface area contributed by atoms with Crippen LogP contribution < -0.4 is 4.74 Å². The molecule has 0 heterocycles. The summed E-state index contributed by atoms with van der Waals surface area (Å²) in [6, 6.07) is 2.78. The molecule has 1 N–H and O–H groups in total. The zero-order valence-electron chi connectivity index (χ0n) is 6.92. The summed E-state index contributed by atoms with van der Waals surface area (Å²) in [6.45, 7) is 0. The number of hydrogen-bond donors (Lipinski definition) is 1. The standard InChI is InChI=1S/C9H8BrFO2/c1-13-8-3-2-7(11)9(10)6(8)4-5-12/h2-5,12H,1H3/b5-4+. The molecule has 2 nitrogen and oxygen atoms in total. The fourth-order valence-corrected chi connectivity index (χ4v) is 1.42. The monoisotopic (exact) mass is 246 g/mol. The van der Waals surface area contributed by atoms with Gasteiger partial charge in [0.15, 0.2) is 0 Å². The van der Waals surface area contributed by atoms with Crippen molar-refractivity contribution in [2.75, 3.05) is 7.11 Å². The summed E-state index contributed by atoms with van der Waals surface area (Å²) in [4.78, 5) is 0. The van der Waals surface area contributed by atoms with Crippen LogP contribution >= 0.6 is 15.9 Å². The Morgan fingerprint density at radius 3 is 2.77 bits per heavy atom. The third-order valence-corrected chi connectivity index (χ3v) is 2.36. The fourth-order valence-electron chi connectivity index (χ4n) is 0.956. The molecule has 0 saturated heterocycles. The van der Waals surface area contributed by atoms with Crippen molar-refractivity contribution in [1.29, 1.82) is 0 Å². The van der Waals surface area contributed by atoms with Crippen LogP contribution in [0.4, 0.5) is 4.39 Å². The molecule has 0 aliphatic carbocycles. The normalized spacial score (nSPS) is 10.7. The third-order valence-electron chi connectivity index (χ3n) is 1.55. The first kappa shape index (κ1) is 10.1. The van der Waals surface area contributed by atoms with E-state index in [-0.39, 0.29) is 4.47 Å². The molecule has 13 heavy (non-hydrogen) atoms. The van der Waals surface area contributed by atoms with Crippen molar-refractivity contribution < 1.29 is 14.2 Å². The van der Waals surface area contributed by atoms with Crippen molar-refractivity contribution >= 4 is 22.0 Å². The predicted molar refractivity (Wildman–Crippen MR) is 52.3 cm³/mol. The van der Waals surface area contributed by atoms with E-state index in [0.29, 0.717) is 11.3 Å². The zero-order valence-corrected chi connectivity index (χ0v) is 8.51. The molecule has 0 radical (unpaired) electrons. The van der Waals surface area contributed by atoms with E-state index in [1.807, 2.05) is 0 Å². The van der Waals surface area contributed by atoms with Gasteiger partial charge in [0.2, 0.25) is 0 Å². The summed E-state index contributed by atoms with van der Waals surface area (Å²) in [5, 5.41) is 8.58. The van der Waals surface area contributed by atoms with Gasteiger partial charge in [0.1, 0.15) is 11.6 Å². The van der Waals surface area contributed by atoms with E-state index in [9.17, 15) is 4.39 Å². The van der Waals surface area contributed by atoms with Gasteiger partial charge < -0.3 is 9.84 Å². The smallest absolute Gasteiger partial charge is 0.138 e. The van der Waals surface area contributed by atoms with Crippen LogP contribution in [0, 0.1) is 5.82 Å². The highest BCUT2D eigenvalue weighted by atomic mass is 79.9. The Kier molecular flexibility index (Phi) is 3.31. The number of methoxy groups -OCH3 is 1. The van der Waals surface area contributed by atoms with E-state index in [4.69, 9.17) is 9.84 Å². The number of benzene rings is 1. The lowest BCUT2D eigenvalue weighted by Gasteiger charge is -2.06. The molecule has 0 fully saturated rings. The van der Waals surface area contributed by atoms with Gasteiger partial charge in [-0.05, 0) is 34.1 Å². The van der Waals surface area contributed by atoms with Crippen molar-refractivity contribution in [3.8, 4) is 5.75 Å². The van der Waals surface area contributed by atoms with Gasteiger partial charge >= 0.3 is 0 Å². The van der Waals surface area contributed by atoms with Gasteiger partial charge in [-0.1, -0.05) is 0 Å². The van der Waals surface area contributed by atoms with E-state index < -0.39 is 5.82 Å². The molecule has 1 aromatic rings. The minimum Gasteiger partial charge on any atom is -0.516 e. The van der Waals surface area contributed by atoms with E-state index in [1.165, 1.54) is 25.3 Å². The topological polar surface area (TPSA) is 29.5 Å². The molecule has 0 amide bonds. The third kappa shape index (κ3) is 2.01. The second-order valence-corrected chi connectivity index (χ2v) is 3.09. The highest BCUT2D eigenvalue weighted by Gasteiger charge is 2.08. The number of hydrogen-bond acceptors (Lipinski definition) is 2. The summed E-state index contributed by atoms with van der Waals surface area (Å²) >= 11 is 3.06. The van der Waals surface area contributed by atoms with Gasteiger partial charge in [-0.25, -0.2) is 4.39 Å². The predicted octanol–water partition coefficient (Wildman–Crippen LogP) is 3.13. The largest absolute Gasteiger partial charge is 0.516 e. The SMILES string of the molecule is COc1ccc(F)c(Br)c1/C=C/O. The first-order valence-electron chi connectivity index (χ1n) is 3.53. The van der Waals surface area contributed by atoms with E-state index in [0.717, 1.165) is 6.26 Å². The van der Waals surface area contributed by atoms with Crippen LogP contribution in [0.1, 0.15) is 5.56 Å². The first-order valence-corrected chi connectivity index (χ1v) is 4.32. The summed E-state index contributed by atoms with van der Waals surface area (Å²) in [5.74, 6) is 0.104. The molecular weight excluding hydrogens is 239 g/mol. The van der Waals surface area contributed by atoms with Crippen LogP contribution in [0.3, 0.4) is 0 Å².